The summed E-state index contributed by atoms with van der Waals surface area (Å²) in [5.74, 6) is 0. The van der Waals surface area contributed by atoms with Crippen molar-refractivity contribution < 1.29 is 4.74 Å². The number of aryl methyl sites for hydroxylation is 1. The van der Waals surface area contributed by atoms with Gasteiger partial charge in [0, 0.05) is 37.4 Å². The fourth-order valence-electron chi connectivity index (χ4n) is 4.75. The lowest BCUT2D eigenvalue weighted by atomic mass is 9.76. The highest BCUT2D eigenvalue weighted by molar-refractivity contribution is 5.70. The van der Waals surface area contributed by atoms with Crippen LogP contribution in [-0.2, 0) is 16.6 Å². The molecule has 4 rings (SSSR count). The Bertz CT molecular complexity index is 882. The summed E-state index contributed by atoms with van der Waals surface area (Å²) in [4.78, 5) is 4.58. The van der Waals surface area contributed by atoms with Crippen LogP contribution in [0.1, 0.15) is 43.9 Å². The SMILES string of the molecule is CCCc1ccc2c(c1)C(C)(C)C1(C=Cc3ccc(N(C)C)cc3)OCCN21. The quantitative estimate of drug-likeness (QED) is 0.709. The lowest BCUT2D eigenvalue weighted by Crippen LogP contribution is -2.51. The second kappa shape index (κ2) is 6.97. The lowest BCUT2D eigenvalue weighted by Gasteiger charge is -2.39. The van der Waals surface area contributed by atoms with E-state index in [2.05, 4.69) is 99.3 Å². The summed E-state index contributed by atoms with van der Waals surface area (Å²) in [6.45, 7) is 8.60. The Kier molecular flexibility index (Phi) is 4.75. The molecule has 148 valence electrons. The zero-order valence-electron chi connectivity index (χ0n) is 17.8. The third kappa shape index (κ3) is 2.84. The van der Waals surface area contributed by atoms with Crippen molar-refractivity contribution in [1.29, 1.82) is 0 Å². The summed E-state index contributed by atoms with van der Waals surface area (Å²) in [5, 5.41) is 0. The van der Waals surface area contributed by atoms with Gasteiger partial charge in [0.1, 0.15) is 0 Å². The molecule has 2 aromatic carbocycles. The largest absolute Gasteiger partial charge is 0.378 e. The first kappa shape index (κ1) is 19.1. The molecule has 0 saturated carbocycles. The number of hydrogen-bond donors (Lipinski definition) is 0. The average molecular weight is 377 g/mol. The molecule has 1 unspecified atom stereocenters. The van der Waals surface area contributed by atoms with E-state index in [9.17, 15) is 0 Å². The summed E-state index contributed by atoms with van der Waals surface area (Å²) in [5.41, 5.74) is 6.05. The molecule has 0 radical (unpaired) electrons. The minimum atomic E-state index is -0.416. The van der Waals surface area contributed by atoms with Crippen molar-refractivity contribution in [2.45, 2.75) is 44.8 Å². The molecule has 1 atom stereocenters. The average Bonchev–Trinajstić information content (AvgIpc) is 3.18. The Morgan fingerprint density at radius 2 is 1.86 bits per heavy atom. The van der Waals surface area contributed by atoms with Gasteiger partial charge >= 0.3 is 0 Å². The summed E-state index contributed by atoms with van der Waals surface area (Å²) < 4.78 is 6.48. The van der Waals surface area contributed by atoms with E-state index < -0.39 is 5.72 Å². The smallest absolute Gasteiger partial charge is 0.170 e. The molecule has 2 aromatic rings. The van der Waals surface area contributed by atoms with Gasteiger partial charge in [0.25, 0.3) is 0 Å². The van der Waals surface area contributed by atoms with Gasteiger partial charge in [-0.25, -0.2) is 0 Å². The van der Waals surface area contributed by atoms with Crippen LogP contribution in [-0.4, -0.2) is 33.0 Å². The minimum Gasteiger partial charge on any atom is -0.378 e. The highest BCUT2D eigenvalue weighted by Crippen LogP contribution is 2.55. The van der Waals surface area contributed by atoms with Gasteiger partial charge in [0.05, 0.1) is 6.61 Å². The topological polar surface area (TPSA) is 15.7 Å². The second-order valence-corrected chi connectivity index (χ2v) is 8.74. The Morgan fingerprint density at radius 3 is 2.54 bits per heavy atom. The molecule has 28 heavy (non-hydrogen) atoms. The maximum atomic E-state index is 6.48. The fraction of sp³-hybridized carbons (Fsp3) is 0.440. The van der Waals surface area contributed by atoms with E-state index in [-0.39, 0.29) is 5.41 Å². The zero-order valence-corrected chi connectivity index (χ0v) is 17.8. The molecule has 0 aromatic heterocycles. The Labute approximate surface area is 169 Å². The predicted octanol–water partition coefficient (Wildman–Crippen LogP) is 5.24. The van der Waals surface area contributed by atoms with Gasteiger partial charge in [-0.05, 0) is 47.4 Å². The molecule has 2 heterocycles. The standard InChI is InChI=1S/C25H32N2O/c1-6-7-20-10-13-23-22(18-20)24(2,3)25(27(23)16-17-28-25)15-14-19-8-11-21(12-9-19)26(4)5/h8-15,18H,6-7,16-17H2,1-5H3. The van der Waals surface area contributed by atoms with Crippen molar-refractivity contribution in [2.75, 3.05) is 37.0 Å². The van der Waals surface area contributed by atoms with Gasteiger partial charge in [0.2, 0.25) is 0 Å². The van der Waals surface area contributed by atoms with Gasteiger partial charge in [-0.1, -0.05) is 57.5 Å². The molecular weight excluding hydrogens is 344 g/mol. The Morgan fingerprint density at radius 1 is 1.11 bits per heavy atom. The number of anilines is 2. The van der Waals surface area contributed by atoms with E-state index >= 15 is 0 Å². The molecule has 0 bridgehead atoms. The van der Waals surface area contributed by atoms with Gasteiger partial charge in [-0.15, -0.1) is 0 Å². The molecule has 0 N–H and O–H groups in total. The van der Waals surface area contributed by atoms with E-state index in [0.29, 0.717) is 0 Å². The van der Waals surface area contributed by atoms with E-state index in [0.717, 1.165) is 19.6 Å². The lowest BCUT2D eigenvalue weighted by molar-refractivity contribution is 0.000325. The van der Waals surface area contributed by atoms with Crippen molar-refractivity contribution in [1.82, 2.24) is 0 Å². The van der Waals surface area contributed by atoms with Gasteiger partial charge in [0.15, 0.2) is 5.72 Å². The highest BCUT2D eigenvalue weighted by Gasteiger charge is 2.59. The molecule has 3 heteroatoms. The summed E-state index contributed by atoms with van der Waals surface area (Å²) in [6.07, 6.45) is 6.81. The van der Waals surface area contributed by atoms with Crippen molar-refractivity contribution in [3.63, 3.8) is 0 Å². The maximum absolute atomic E-state index is 6.48. The number of benzene rings is 2. The van der Waals surface area contributed by atoms with E-state index in [1.807, 2.05) is 0 Å². The summed E-state index contributed by atoms with van der Waals surface area (Å²) in [7, 11) is 4.14. The Balaban J connectivity index is 1.70. The maximum Gasteiger partial charge on any atom is 0.170 e. The van der Waals surface area contributed by atoms with Gasteiger partial charge in [-0.2, -0.15) is 0 Å². The number of ether oxygens (including phenoxy) is 1. The number of hydrogen-bond acceptors (Lipinski definition) is 3. The molecule has 3 nitrogen and oxygen atoms in total. The van der Waals surface area contributed by atoms with Gasteiger partial charge < -0.3 is 14.5 Å². The number of rotatable bonds is 5. The van der Waals surface area contributed by atoms with Crippen LogP contribution in [0.2, 0.25) is 0 Å². The second-order valence-electron chi connectivity index (χ2n) is 8.74. The molecule has 0 spiro atoms. The van der Waals surface area contributed by atoms with E-state index in [4.69, 9.17) is 4.74 Å². The van der Waals surface area contributed by atoms with Crippen LogP contribution in [0.5, 0.6) is 0 Å². The van der Waals surface area contributed by atoms with Crippen LogP contribution in [0.4, 0.5) is 11.4 Å². The fourth-order valence-corrected chi connectivity index (χ4v) is 4.75. The van der Waals surface area contributed by atoms with Crippen molar-refractivity contribution in [3.8, 4) is 0 Å². The van der Waals surface area contributed by atoms with Crippen LogP contribution in [0.25, 0.3) is 6.08 Å². The van der Waals surface area contributed by atoms with Crippen molar-refractivity contribution in [2.24, 2.45) is 0 Å². The third-order valence-corrected chi connectivity index (χ3v) is 6.41. The first-order valence-corrected chi connectivity index (χ1v) is 10.4. The molecule has 2 aliphatic heterocycles. The first-order chi connectivity index (χ1) is 13.4. The van der Waals surface area contributed by atoms with Gasteiger partial charge in [-0.3, -0.25) is 0 Å². The van der Waals surface area contributed by atoms with Crippen LogP contribution in [0, 0.1) is 0 Å². The minimum absolute atomic E-state index is 0.108. The molecule has 1 saturated heterocycles. The van der Waals surface area contributed by atoms with Crippen molar-refractivity contribution >= 4 is 17.5 Å². The third-order valence-electron chi connectivity index (χ3n) is 6.41. The summed E-state index contributed by atoms with van der Waals surface area (Å²) in [6, 6.07) is 15.7. The van der Waals surface area contributed by atoms with Crippen LogP contribution in [0.15, 0.2) is 48.5 Å². The monoisotopic (exact) mass is 376 g/mol. The molecule has 1 fully saturated rings. The van der Waals surface area contributed by atoms with Crippen LogP contribution >= 0.6 is 0 Å². The van der Waals surface area contributed by atoms with Crippen LogP contribution in [0.3, 0.4) is 0 Å². The molecule has 2 aliphatic rings. The summed E-state index contributed by atoms with van der Waals surface area (Å²) >= 11 is 0. The highest BCUT2D eigenvalue weighted by atomic mass is 16.5. The number of fused-ring (bicyclic) bond motifs is 3. The number of nitrogens with zero attached hydrogens (tertiary/aromatic N) is 2. The normalized spacial score (nSPS) is 22.5. The predicted molar refractivity (Wildman–Crippen MR) is 119 cm³/mol. The van der Waals surface area contributed by atoms with Crippen molar-refractivity contribution in [3.05, 3.63) is 65.2 Å². The Hall–Kier alpha value is -2.26. The first-order valence-electron chi connectivity index (χ1n) is 10.4. The molecule has 0 amide bonds. The van der Waals surface area contributed by atoms with E-state index in [1.165, 1.54) is 34.5 Å². The molecule has 0 aliphatic carbocycles. The van der Waals surface area contributed by atoms with Crippen LogP contribution < -0.4 is 9.80 Å². The van der Waals surface area contributed by atoms with E-state index in [1.54, 1.807) is 0 Å². The zero-order chi connectivity index (χ0) is 19.9. The molecular formula is C25H32N2O.